The molecule has 1 saturated carbocycles. The number of hydrogen-bond donors (Lipinski definition) is 3. The molecule has 3 N–H and O–H groups in total. The molecule has 1 aliphatic heterocycles. The van der Waals surface area contributed by atoms with E-state index in [9.17, 15) is 4.79 Å². The van der Waals surface area contributed by atoms with Gasteiger partial charge in [-0.05, 0) is 37.5 Å². The van der Waals surface area contributed by atoms with Crippen molar-refractivity contribution in [2.75, 3.05) is 13.1 Å². The second-order valence-electron chi connectivity index (χ2n) is 8.53. The van der Waals surface area contributed by atoms with Crippen molar-refractivity contribution in [3.8, 4) is 0 Å². The Morgan fingerprint density at radius 2 is 2.10 bits per heavy atom. The Bertz CT molecular complexity index is 1000. The highest BCUT2D eigenvalue weighted by molar-refractivity contribution is 5.82. The van der Waals surface area contributed by atoms with E-state index in [2.05, 4.69) is 54.6 Å². The molecule has 2 fully saturated rings. The molecule has 1 saturated heterocycles. The lowest BCUT2D eigenvalue weighted by atomic mass is 10.0. The number of benzene rings is 1. The summed E-state index contributed by atoms with van der Waals surface area (Å²) in [4.78, 5) is 23.1. The van der Waals surface area contributed by atoms with Crippen molar-refractivity contribution in [3.63, 3.8) is 0 Å². The van der Waals surface area contributed by atoms with Gasteiger partial charge in [0.05, 0.1) is 12.0 Å². The fourth-order valence-corrected chi connectivity index (χ4v) is 4.97. The molecule has 1 aromatic carbocycles. The van der Waals surface area contributed by atoms with Crippen LogP contribution in [0.1, 0.15) is 48.8 Å². The predicted molar refractivity (Wildman–Crippen MR) is 111 cm³/mol. The summed E-state index contributed by atoms with van der Waals surface area (Å²) in [7, 11) is 0. The third-order valence-corrected chi connectivity index (χ3v) is 6.47. The highest BCUT2D eigenvalue weighted by atomic mass is 16.2. The SMILES string of the molecule is Cc1nc([C@@H]2CN(Cc3cccc4[nH]ccc34)C[C@H]2NC(=O)C2CCCC2)n[nH]1. The zero-order chi connectivity index (χ0) is 19.8. The van der Waals surface area contributed by atoms with Gasteiger partial charge < -0.3 is 10.3 Å². The summed E-state index contributed by atoms with van der Waals surface area (Å²) in [5.41, 5.74) is 2.46. The maximum Gasteiger partial charge on any atom is 0.223 e. The number of aromatic amines is 2. The summed E-state index contributed by atoms with van der Waals surface area (Å²) in [5, 5.41) is 12.0. The summed E-state index contributed by atoms with van der Waals surface area (Å²) in [5.74, 6) is 2.11. The molecular formula is C22H28N6O. The summed E-state index contributed by atoms with van der Waals surface area (Å²) in [6.07, 6.45) is 6.35. The number of rotatable bonds is 5. The molecule has 5 rings (SSSR count). The van der Waals surface area contributed by atoms with Gasteiger partial charge in [-0.2, -0.15) is 5.10 Å². The average Bonchev–Trinajstić information content (AvgIpc) is 3.49. The second-order valence-corrected chi connectivity index (χ2v) is 8.53. The minimum absolute atomic E-state index is 0.0451. The molecule has 0 unspecified atom stereocenters. The highest BCUT2D eigenvalue weighted by Gasteiger charge is 2.38. The first-order valence-corrected chi connectivity index (χ1v) is 10.6. The zero-order valence-electron chi connectivity index (χ0n) is 16.8. The number of carbonyl (C=O) groups is 1. The molecule has 152 valence electrons. The van der Waals surface area contributed by atoms with Crippen molar-refractivity contribution in [1.29, 1.82) is 0 Å². The molecule has 2 aliphatic rings. The van der Waals surface area contributed by atoms with E-state index in [1.807, 2.05) is 13.1 Å². The summed E-state index contributed by atoms with van der Waals surface area (Å²) in [6, 6.07) is 8.57. The van der Waals surface area contributed by atoms with Crippen LogP contribution < -0.4 is 5.32 Å². The normalized spacial score (nSPS) is 23.2. The Balaban J connectivity index is 1.35. The zero-order valence-corrected chi connectivity index (χ0v) is 16.8. The molecule has 0 radical (unpaired) electrons. The number of nitrogens with zero attached hydrogens (tertiary/aromatic N) is 3. The molecule has 7 heteroatoms. The first-order valence-electron chi connectivity index (χ1n) is 10.6. The molecule has 1 aliphatic carbocycles. The van der Waals surface area contributed by atoms with Crippen LogP contribution in [0.4, 0.5) is 0 Å². The van der Waals surface area contributed by atoms with Gasteiger partial charge in [0, 0.05) is 42.7 Å². The van der Waals surface area contributed by atoms with Gasteiger partial charge in [0.25, 0.3) is 0 Å². The Morgan fingerprint density at radius 3 is 2.90 bits per heavy atom. The van der Waals surface area contributed by atoms with E-state index in [1.165, 1.54) is 23.8 Å². The number of fused-ring (bicyclic) bond motifs is 1. The lowest BCUT2D eigenvalue weighted by Crippen LogP contribution is -2.42. The summed E-state index contributed by atoms with van der Waals surface area (Å²) >= 11 is 0. The van der Waals surface area contributed by atoms with E-state index in [-0.39, 0.29) is 23.8 Å². The van der Waals surface area contributed by atoms with Crippen molar-refractivity contribution < 1.29 is 4.79 Å². The maximum atomic E-state index is 12.8. The molecule has 3 aromatic rings. The first kappa shape index (κ1) is 18.4. The van der Waals surface area contributed by atoms with Gasteiger partial charge in [-0.3, -0.25) is 14.8 Å². The standard InChI is InChI=1S/C22H28N6O/c1-14-24-21(27-26-14)18-12-28(11-16-7-4-8-19-17(16)9-10-23-19)13-20(18)25-22(29)15-5-2-3-6-15/h4,7-10,15,18,20,23H,2-3,5-6,11-13H2,1H3,(H,25,29)(H,24,26,27)/t18-,20-/m1/s1. The Kier molecular flexibility index (Phi) is 4.83. The van der Waals surface area contributed by atoms with Gasteiger partial charge in [0.2, 0.25) is 5.91 Å². The fraction of sp³-hybridized carbons (Fsp3) is 0.500. The number of carbonyl (C=O) groups excluding carboxylic acids is 1. The third-order valence-electron chi connectivity index (χ3n) is 6.47. The van der Waals surface area contributed by atoms with E-state index in [1.54, 1.807) is 0 Å². The number of likely N-dealkylation sites (tertiary alicyclic amines) is 1. The minimum atomic E-state index is 0.0451. The Hall–Kier alpha value is -2.67. The number of aromatic nitrogens is 4. The monoisotopic (exact) mass is 392 g/mol. The number of aryl methyl sites for hydroxylation is 1. The van der Waals surface area contributed by atoms with Crippen LogP contribution in [0, 0.1) is 12.8 Å². The molecule has 3 heterocycles. The smallest absolute Gasteiger partial charge is 0.223 e. The van der Waals surface area contributed by atoms with Crippen LogP contribution in [0.5, 0.6) is 0 Å². The second kappa shape index (κ2) is 7.63. The fourth-order valence-electron chi connectivity index (χ4n) is 4.97. The van der Waals surface area contributed by atoms with E-state index < -0.39 is 0 Å². The van der Waals surface area contributed by atoms with Gasteiger partial charge in [-0.25, -0.2) is 4.98 Å². The molecule has 0 bridgehead atoms. The lowest BCUT2D eigenvalue weighted by molar-refractivity contribution is -0.125. The largest absolute Gasteiger partial charge is 0.361 e. The summed E-state index contributed by atoms with van der Waals surface area (Å²) < 4.78 is 0. The summed E-state index contributed by atoms with van der Waals surface area (Å²) in [6.45, 7) is 4.43. The van der Waals surface area contributed by atoms with Gasteiger partial charge in [0.15, 0.2) is 5.82 Å². The van der Waals surface area contributed by atoms with E-state index in [4.69, 9.17) is 0 Å². The predicted octanol–water partition coefficient (Wildman–Crippen LogP) is 2.87. The van der Waals surface area contributed by atoms with Crippen LogP contribution >= 0.6 is 0 Å². The van der Waals surface area contributed by atoms with Gasteiger partial charge >= 0.3 is 0 Å². The van der Waals surface area contributed by atoms with Gasteiger partial charge in [-0.1, -0.05) is 25.0 Å². The molecular weight excluding hydrogens is 364 g/mol. The van der Waals surface area contributed by atoms with Crippen molar-refractivity contribution in [1.82, 2.24) is 30.4 Å². The van der Waals surface area contributed by atoms with Gasteiger partial charge in [0.1, 0.15) is 5.82 Å². The highest BCUT2D eigenvalue weighted by Crippen LogP contribution is 2.30. The minimum Gasteiger partial charge on any atom is -0.361 e. The van der Waals surface area contributed by atoms with E-state index in [0.717, 1.165) is 49.6 Å². The van der Waals surface area contributed by atoms with Crippen molar-refractivity contribution in [3.05, 3.63) is 47.7 Å². The van der Waals surface area contributed by atoms with Crippen LogP contribution in [-0.2, 0) is 11.3 Å². The number of hydrogen-bond acceptors (Lipinski definition) is 4. The van der Waals surface area contributed by atoms with Crippen molar-refractivity contribution >= 4 is 16.8 Å². The van der Waals surface area contributed by atoms with Crippen LogP contribution in [0.3, 0.4) is 0 Å². The van der Waals surface area contributed by atoms with E-state index >= 15 is 0 Å². The topological polar surface area (TPSA) is 89.7 Å². The molecule has 7 nitrogen and oxygen atoms in total. The maximum absolute atomic E-state index is 12.8. The number of H-pyrrole nitrogens is 2. The van der Waals surface area contributed by atoms with Crippen molar-refractivity contribution in [2.24, 2.45) is 5.92 Å². The molecule has 2 aromatic heterocycles. The Labute approximate surface area is 170 Å². The van der Waals surface area contributed by atoms with Gasteiger partial charge in [-0.15, -0.1) is 0 Å². The van der Waals surface area contributed by atoms with E-state index in [0.29, 0.717) is 0 Å². The molecule has 1 amide bonds. The molecule has 2 atom stereocenters. The average molecular weight is 393 g/mol. The molecule has 0 spiro atoms. The van der Waals surface area contributed by atoms with Crippen LogP contribution in [-0.4, -0.2) is 50.1 Å². The van der Waals surface area contributed by atoms with Crippen LogP contribution in [0.2, 0.25) is 0 Å². The third kappa shape index (κ3) is 3.67. The number of amides is 1. The van der Waals surface area contributed by atoms with Crippen LogP contribution in [0.25, 0.3) is 10.9 Å². The number of nitrogens with one attached hydrogen (secondary N) is 3. The van der Waals surface area contributed by atoms with Crippen LogP contribution in [0.15, 0.2) is 30.5 Å². The molecule has 29 heavy (non-hydrogen) atoms. The quantitative estimate of drug-likeness (QED) is 0.623. The first-order chi connectivity index (χ1) is 14.2. The lowest BCUT2D eigenvalue weighted by Gasteiger charge is -2.20. The Morgan fingerprint density at radius 1 is 1.24 bits per heavy atom. The van der Waals surface area contributed by atoms with Crippen molar-refractivity contribution in [2.45, 2.75) is 51.1 Å².